The van der Waals surface area contributed by atoms with Crippen LogP contribution in [0.2, 0.25) is 0 Å². The van der Waals surface area contributed by atoms with Crippen molar-refractivity contribution in [2.24, 2.45) is 7.05 Å². The van der Waals surface area contributed by atoms with Crippen LogP contribution in [0.15, 0.2) is 12.5 Å². The lowest BCUT2D eigenvalue weighted by atomic mass is 10.2. The van der Waals surface area contributed by atoms with Crippen LogP contribution >= 0.6 is 0 Å². The highest BCUT2D eigenvalue weighted by Gasteiger charge is 2.14. The van der Waals surface area contributed by atoms with Crippen molar-refractivity contribution in [3.63, 3.8) is 0 Å². The molecule has 5 nitrogen and oxygen atoms in total. The lowest BCUT2D eigenvalue weighted by Gasteiger charge is -2.01. The SMILES string of the molecule is C#CCn1cnc(-c2cnn(C)c2C)c1N. The molecule has 0 aliphatic heterocycles. The molecule has 0 aliphatic carbocycles. The first kappa shape index (κ1) is 10.3. The van der Waals surface area contributed by atoms with Crippen molar-refractivity contribution in [1.82, 2.24) is 19.3 Å². The third-order valence-electron chi connectivity index (χ3n) is 2.63. The van der Waals surface area contributed by atoms with Crippen molar-refractivity contribution in [2.75, 3.05) is 5.73 Å². The zero-order chi connectivity index (χ0) is 11.7. The van der Waals surface area contributed by atoms with Crippen molar-refractivity contribution in [3.05, 3.63) is 18.2 Å². The largest absolute Gasteiger partial charge is 0.383 e. The summed E-state index contributed by atoms with van der Waals surface area (Å²) in [7, 11) is 1.88. The van der Waals surface area contributed by atoms with Crippen molar-refractivity contribution < 1.29 is 0 Å². The van der Waals surface area contributed by atoms with Gasteiger partial charge in [-0.3, -0.25) is 4.68 Å². The van der Waals surface area contributed by atoms with Crippen molar-refractivity contribution >= 4 is 5.82 Å². The summed E-state index contributed by atoms with van der Waals surface area (Å²) in [5, 5.41) is 4.16. The summed E-state index contributed by atoms with van der Waals surface area (Å²) in [5.41, 5.74) is 8.67. The maximum atomic E-state index is 5.97. The van der Waals surface area contributed by atoms with Gasteiger partial charge in [-0.1, -0.05) is 5.92 Å². The zero-order valence-electron chi connectivity index (χ0n) is 9.31. The van der Waals surface area contributed by atoms with Gasteiger partial charge in [0.1, 0.15) is 11.5 Å². The third-order valence-corrected chi connectivity index (χ3v) is 2.63. The van der Waals surface area contributed by atoms with Crippen molar-refractivity contribution in [1.29, 1.82) is 0 Å². The number of imidazole rings is 1. The number of nitrogens with two attached hydrogens (primary N) is 1. The van der Waals surface area contributed by atoms with Gasteiger partial charge < -0.3 is 10.3 Å². The van der Waals surface area contributed by atoms with Crippen LogP contribution in [0.4, 0.5) is 5.82 Å². The molecule has 0 radical (unpaired) electrons. The van der Waals surface area contributed by atoms with E-state index in [9.17, 15) is 0 Å². The van der Waals surface area contributed by atoms with Crippen LogP contribution in [-0.2, 0) is 13.6 Å². The van der Waals surface area contributed by atoms with Crippen LogP contribution in [0.25, 0.3) is 11.3 Å². The minimum atomic E-state index is 0.429. The molecular formula is C11H13N5. The molecule has 0 amide bonds. The van der Waals surface area contributed by atoms with Gasteiger partial charge in [-0.2, -0.15) is 5.10 Å². The number of rotatable bonds is 2. The van der Waals surface area contributed by atoms with E-state index in [-0.39, 0.29) is 0 Å². The second-order valence-electron chi connectivity index (χ2n) is 3.58. The van der Waals surface area contributed by atoms with Gasteiger partial charge in [0.25, 0.3) is 0 Å². The van der Waals surface area contributed by atoms with Crippen LogP contribution in [-0.4, -0.2) is 19.3 Å². The summed E-state index contributed by atoms with van der Waals surface area (Å²) in [6.07, 6.45) is 8.65. The Hall–Kier alpha value is -2.22. The quantitative estimate of drug-likeness (QED) is 0.754. The second kappa shape index (κ2) is 3.74. The molecule has 0 spiro atoms. The Bertz CT molecular complexity index is 555. The summed E-state index contributed by atoms with van der Waals surface area (Å²) in [6.45, 7) is 2.40. The summed E-state index contributed by atoms with van der Waals surface area (Å²) in [5.74, 6) is 3.11. The van der Waals surface area contributed by atoms with E-state index in [1.165, 1.54) is 0 Å². The smallest absolute Gasteiger partial charge is 0.132 e. The van der Waals surface area contributed by atoms with Gasteiger partial charge in [0.2, 0.25) is 0 Å². The normalized spacial score (nSPS) is 10.3. The monoisotopic (exact) mass is 215 g/mol. The number of nitrogens with zero attached hydrogens (tertiary/aromatic N) is 4. The maximum Gasteiger partial charge on any atom is 0.132 e. The van der Waals surface area contributed by atoms with E-state index in [0.717, 1.165) is 17.0 Å². The molecule has 5 heteroatoms. The molecule has 82 valence electrons. The van der Waals surface area contributed by atoms with Gasteiger partial charge in [-0.15, -0.1) is 6.42 Å². The van der Waals surface area contributed by atoms with Crippen molar-refractivity contribution in [2.45, 2.75) is 13.5 Å². The Morgan fingerprint density at radius 2 is 2.31 bits per heavy atom. The van der Waals surface area contributed by atoms with E-state index >= 15 is 0 Å². The molecule has 2 heterocycles. The number of terminal acetylenes is 1. The topological polar surface area (TPSA) is 61.7 Å². The molecule has 0 aromatic carbocycles. The summed E-state index contributed by atoms with van der Waals surface area (Å²) < 4.78 is 3.52. The first-order valence-electron chi connectivity index (χ1n) is 4.88. The summed E-state index contributed by atoms with van der Waals surface area (Å²) >= 11 is 0. The highest BCUT2D eigenvalue weighted by atomic mass is 15.3. The number of aryl methyl sites for hydroxylation is 1. The lowest BCUT2D eigenvalue weighted by Crippen LogP contribution is -2.00. The molecule has 0 fully saturated rings. The Kier molecular flexibility index (Phi) is 2.41. The molecule has 2 aromatic heterocycles. The van der Waals surface area contributed by atoms with Crippen LogP contribution in [0.1, 0.15) is 5.69 Å². The molecular weight excluding hydrogens is 202 g/mol. The van der Waals surface area contributed by atoms with E-state index in [0.29, 0.717) is 12.4 Å². The van der Waals surface area contributed by atoms with E-state index in [2.05, 4.69) is 16.0 Å². The number of anilines is 1. The fourth-order valence-electron chi connectivity index (χ4n) is 1.55. The number of hydrogen-bond acceptors (Lipinski definition) is 3. The Morgan fingerprint density at radius 3 is 2.88 bits per heavy atom. The first-order valence-corrected chi connectivity index (χ1v) is 4.88. The van der Waals surface area contributed by atoms with Crippen LogP contribution in [0.5, 0.6) is 0 Å². The highest BCUT2D eigenvalue weighted by Crippen LogP contribution is 2.26. The summed E-state index contributed by atoms with van der Waals surface area (Å²) in [6, 6.07) is 0. The van der Waals surface area contributed by atoms with Gasteiger partial charge in [0, 0.05) is 18.3 Å². The van der Waals surface area contributed by atoms with E-state index in [1.807, 2.05) is 14.0 Å². The molecule has 16 heavy (non-hydrogen) atoms. The summed E-state index contributed by atoms with van der Waals surface area (Å²) in [4.78, 5) is 4.27. The molecule has 0 bridgehead atoms. The van der Waals surface area contributed by atoms with Gasteiger partial charge >= 0.3 is 0 Å². The zero-order valence-corrected chi connectivity index (χ0v) is 9.31. The average Bonchev–Trinajstić information content (AvgIpc) is 2.76. The van der Waals surface area contributed by atoms with Gasteiger partial charge in [-0.25, -0.2) is 4.98 Å². The molecule has 0 saturated carbocycles. The molecule has 2 rings (SSSR count). The van der Waals surface area contributed by atoms with Gasteiger partial charge in [-0.05, 0) is 6.92 Å². The predicted molar refractivity (Wildman–Crippen MR) is 62.4 cm³/mol. The van der Waals surface area contributed by atoms with Gasteiger partial charge in [0.15, 0.2) is 0 Å². The van der Waals surface area contributed by atoms with Crippen LogP contribution < -0.4 is 5.73 Å². The molecule has 2 N–H and O–H groups in total. The van der Waals surface area contributed by atoms with Crippen molar-refractivity contribution in [3.8, 4) is 23.6 Å². The second-order valence-corrected chi connectivity index (χ2v) is 3.58. The Morgan fingerprint density at radius 1 is 1.56 bits per heavy atom. The van der Waals surface area contributed by atoms with E-state index in [1.54, 1.807) is 21.8 Å². The maximum absolute atomic E-state index is 5.97. The fraction of sp³-hybridized carbons (Fsp3) is 0.273. The molecule has 0 saturated heterocycles. The third kappa shape index (κ3) is 1.44. The molecule has 0 unspecified atom stereocenters. The van der Waals surface area contributed by atoms with E-state index < -0.39 is 0 Å². The van der Waals surface area contributed by atoms with E-state index in [4.69, 9.17) is 12.2 Å². The number of hydrogen-bond donors (Lipinski definition) is 1. The average molecular weight is 215 g/mol. The molecule has 0 atom stereocenters. The lowest BCUT2D eigenvalue weighted by molar-refractivity contribution is 0.740. The first-order chi connectivity index (χ1) is 7.65. The molecule has 2 aromatic rings. The van der Waals surface area contributed by atoms with Crippen LogP contribution in [0.3, 0.4) is 0 Å². The number of nitrogen functional groups attached to an aromatic ring is 1. The standard InChI is InChI=1S/C11H13N5/c1-4-5-16-7-13-10(11(16)12)9-6-14-15(3)8(9)2/h1,6-7H,5,12H2,2-3H3. The van der Waals surface area contributed by atoms with Crippen LogP contribution in [0, 0.1) is 19.3 Å². The molecule has 0 aliphatic rings. The highest BCUT2D eigenvalue weighted by molar-refractivity contribution is 5.71. The predicted octanol–water partition coefficient (Wildman–Crippen LogP) is 0.807. The Labute approximate surface area is 93.9 Å². The minimum absolute atomic E-state index is 0.429. The van der Waals surface area contributed by atoms with Gasteiger partial charge in [0.05, 0.1) is 19.1 Å². The number of aromatic nitrogens is 4. The minimum Gasteiger partial charge on any atom is -0.383 e. The Balaban J connectivity index is 2.50. The fourth-order valence-corrected chi connectivity index (χ4v) is 1.55.